The molecule has 20 heavy (non-hydrogen) atoms. The van der Waals surface area contributed by atoms with E-state index < -0.39 is 25.9 Å². The number of hydrogen-bond acceptors (Lipinski definition) is 3. The number of halogens is 2. The van der Waals surface area contributed by atoms with Crippen molar-refractivity contribution in [3.8, 4) is 0 Å². The van der Waals surface area contributed by atoms with Crippen LogP contribution in [-0.4, -0.2) is 20.0 Å². The Kier molecular flexibility index (Phi) is 4.22. The molecule has 0 bridgehead atoms. The second kappa shape index (κ2) is 5.60. The molecular formula is C14H16F2O3S. The highest BCUT2D eigenvalue weighted by atomic mass is 32.2. The van der Waals surface area contributed by atoms with Gasteiger partial charge in [-0.1, -0.05) is 37.5 Å². The first-order chi connectivity index (χ1) is 9.41. The van der Waals surface area contributed by atoms with Gasteiger partial charge >= 0.3 is 5.25 Å². The summed E-state index contributed by atoms with van der Waals surface area (Å²) in [6, 6.07) is 5.09. The Morgan fingerprint density at radius 3 is 2.30 bits per heavy atom. The van der Waals surface area contributed by atoms with Gasteiger partial charge in [-0.3, -0.25) is 4.79 Å². The zero-order valence-electron chi connectivity index (χ0n) is 10.9. The molecule has 0 radical (unpaired) electrons. The van der Waals surface area contributed by atoms with Gasteiger partial charge in [0.1, 0.15) is 0 Å². The van der Waals surface area contributed by atoms with Gasteiger partial charge in [-0.05, 0) is 18.9 Å². The summed E-state index contributed by atoms with van der Waals surface area (Å²) in [5.74, 6) is -1.17. The highest BCUT2D eigenvalue weighted by molar-refractivity contribution is 7.92. The Morgan fingerprint density at radius 2 is 1.70 bits per heavy atom. The predicted molar refractivity (Wildman–Crippen MR) is 70.5 cm³/mol. The standard InChI is InChI=1S/C14H16F2O3S/c15-14(16,12-7-2-1-3-8-12)20(18,19)13-9-5-4-6-11(13)10-17/h4-6,9-10,12H,1-3,7-8H2. The summed E-state index contributed by atoms with van der Waals surface area (Å²) in [5.41, 5.74) is -0.219. The number of carbonyl (C=O) groups is 1. The van der Waals surface area contributed by atoms with E-state index >= 15 is 0 Å². The first-order valence-electron chi connectivity index (χ1n) is 6.58. The number of sulfone groups is 1. The summed E-state index contributed by atoms with van der Waals surface area (Å²) < 4.78 is 53.2. The molecule has 0 heterocycles. The molecule has 1 aromatic carbocycles. The van der Waals surface area contributed by atoms with Crippen molar-refractivity contribution in [2.24, 2.45) is 5.92 Å². The molecule has 1 aliphatic carbocycles. The van der Waals surface area contributed by atoms with E-state index in [2.05, 4.69) is 0 Å². The Bertz CT molecular complexity index is 590. The van der Waals surface area contributed by atoms with Crippen LogP contribution < -0.4 is 0 Å². The minimum Gasteiger partial charge on any atom is -0.298 e. The van der Waals surface area contributed by atoms with Crippen LogP contribution in [0.25, 0.3) is 0 Å². The molecule has 3 nitrogen and oxygen atoms in total. The molecule has 1 fully saturated rings. The Labute approximate surface area is 116 Å². The first kappa shape index (κ1) is 15.1. The fourth-order valence-electron chi connectivity index (χ4n) is 2.63. The summed E-state index contributed by atoms with van der Waals surface area (Å²) in [6.45, 7) is 0. The first-order valence-corrected chi connectivity index (χ1v) is 8.06. The second-order valence-corrected chi connectivity index (χ2v) is 7.05. The summed E-state index contributed by atoms with van der Waals surface area (Å²) in [5, 5.41) is -3.83. The van der Waals surface area contributed by atoms with Gasteiger partial charge in [0.25, 0.3) is 0 Å². The van der Waals surface area contributed by atoms with Gasteiger partial charge in [0.05, 0.1) is 4.90 Å². The van der Waals surface area contributed by atoms with Crippen LogP contribution in [0.15, 0.2) is 29.2 Å². The van der Waals surface area contributed by atoms with Crippen LogP contribution in [0.4, 0.5) is 8.78 Å². The molecule has 0 saturated heterocycles. The maximum atomic E-state index is 14.4. The van der Waals surface area contributed by atoms with Crippen LogP contribution in [-0.2, 0) is 9.84 Å². The van der Waals surface area contributed by atoms with Crippen LogP contribution in [0, 0.1) is 5.92 Å². The van der Waals surface area contributed by atoms with Crippen molar-refractivity contribution in [3.63, 3.8) is 0 Å². The molecule has 1 saturated carbocycles. The average Bonchev–Trinajstić information content (AvgIpc) is 2.47. The monoisotopic (exact) mass is 302 g/mol. The van der Waals surface area contributed by atoms with Crippen molar-refractivity contribution >= 4 is 16.1 Å². The van der Waals surface area contributed by atoms with Gasteiger partial charge in [0.15, 0.2) is 6.29 Å². The molecule has 1 aliphatic rings. The van der Waals surface area contributed by atoms with E-state index in [1.54, 1.807) is 0 Å². The van der Waals surface area contributed by atoms with Gasteiger partial charge < -0.3 is 0 Å². The molecule has 0 N–H and O–H groups in total. The van der Waals surface area contributed by atoms with Crippen LogP contribution in [0.1, 0.15) is 42.5 Å². The van der Waals surface area contributed by atoms with E-state index in [1.807, 2.05) is 0 Å². The number of hydrogen-bond donors (Lipinski definition) is 0. The minimum atomic E-state index is -4.85. The van der Waals surface area contributed by atoms with E-state index in [-0.39, 0.29) is 18.4 Å². The molecule has 6 heteroatoms. The molecule has 0 atom stereocenters. The number of alkyl halides is 2. The molecular weight excluding hydrogens is 286 g/mol. The van der Waals surface area contributed by atoms with E-state index in [9.17, 15) is 22.0 Å². The molecule has 110 valence electrons. The molecule has 0 amide bonds. The summed E-state index contributed by atoms with van der Waals surface area (Å²) in [7, 11) is -4.85. The van der Waals surface area contributed by atoms with Crippen LogP contribution >= 0.6 is 0 Å². The molecule has 0 aliphatic heterocycles. The largest absolute Gasteiger partial charge is 0.352 e. The van der Waals surface area contributed by atoms with Gasteiger partial charge in [-0.25, -0.2) is 8.42 Å². The Balaban J connectivity index is 2.45. The summed E-state index contributed by atoms with van der Waals surface area (Å²) in [4.78, 5) is 10.3. The molecule has 0 spiro atoms. The van der Waals surface area contributed by atoms with Gasteiger partial charge in [0, 0.05) is 11.5 Å². The number of carbonyl (C=O) groups excluding carboxylic acids is 1. The lowest BCUT2D eigenvalue weighted by Gasteiger charge is -2.29. The number of benzene rings is 1. The van der Waals surface area contributed by atoms with E-state index in [4.69, 9.17) is 0 Å². The third-order valence-electron chi connectivity index (χ3n) is 3.77. The predicted octanol–water partition coefficient (Wildman–Crippen LogP) is 3.45. The number of aldehydes is 1. The Hall–Kier alpha value is -1.30. The zero-order valence-corrected chi connectivity index (χ0v) is 11.7. The quantitative estimate of drug-likeness (QED) is 0.800. The Morgan fingerprint density at radius 1 is 1.10 bits per heavy atom. The number of rotatable bonds is 4. The normalized spacial score (nSPS) is 17.9. The smallest absolute Gasteiger partial charge is 0.298 e. The van der Waals surface area contributed by atoms with E-state index in [0.29, 0.717) is 19.1 Å². The summed E-state index contributed by atoms with van der Waals surface area (Å²) >= 11 is 0. The van der Waals surface area contributed by atoms with Gasteiger partial charge in [-0.2, -0.15) is 8.78 Å². The maximum absolute atomic E-state index is 14.4. The molecule has 0 aromatic heterocycles. The average molecular weight is 302 g/mol. The SMILES string of the molecule is O=Cc1ccccc1S(=O)(=O)C(F)(F)C1CCCCC1. The third kappa shape index (κ3) is 2.49. The second-order valence-electron chi connectivity index (χ2n) is 5.06. The van der Waals surface area contributed by atoms with Crippen molar-refractivity contribution in [1.29, 1.82) is 0 Å². The molecule has 0 unspecified atom stereocenters. The van der Waals surface area contributed by atoms with Gasteiger partial charge in [-0.15, -0.1) is 0 Å². The zero-order chi connectivity index (χ0) is 14.8. The van der Waals surface area contributed by atoms with Crippen LogP contribution in [0.2, 0.25) is 0 Å². The fraction of sp³-hybridized carbons (Fsp3) is 0.500. The van der Waals surface area contributed by atoms with Crippen molar-refractivity contribution in [1.82, 2.24) is 0 Å². The van der Waals surface area contributed by atoms with Gasteiger partial charge in [0.2, 0.25) is 9.84 Å². The topological polar surface area (TPSA) is 51.2 Å². The molecule has 1 aromatic rings. The van der Waals surface area contributed by atoms with Crippen molar-refractivity contribution in [3.05, 3.63) is 29.8 Å². The highest BCUT2D eigenvalue weighted by Gasteiger charge is 2.53. The molecule has 2 rings (SSSR count). The highest BCUT2D eigenvalue weighted by Crippen LogP contribution is 2.43. The lowest BCUT2D eigenvalue weighted by Crippen LogP contribution is -2.38. The van der Waals surface area contributed by atoms with Crippen LogP contribution in [0.3, 0.4) is 0 Å². The lowest BCUT2D eigenvalue weighted by atomic mass is 9.89. The van der Waals surface area contributed by atoms with Crippen molar-refractivity contribution in [2.75, 3.05) is 0 Å². The lowest BCUT2D eigenvalue weighted by molar-refractivity contribution is 0.00892. The fourth-order valence-corrected chi connectivity index (χ4v) is 4.28. The van der Waals surface area contributed by atoms with Crippen LogP contribution in [0.5, 0.6) is 0 Å². The third-order valence-corrected chi connectivity index (χ3v) is 5.77. The summed E-state index contributed by atoms with van der Waals surface area (Å²) in [6.07, 6.45) is 2.79. The van der Waals surface area contributed by atoms with E-state index in [0.717, 1.165) is 12.5 Å². The minimum absolute atomic E-state index is 0.204. The van der Waals surface area contributed by atoms with Crippen molar-refractivity contribution < 1.29 is 22.0 Å². The van der Waals surface area contributed by atoms with Crippen molar-refractivity contribution in [2.45, 2.75) is 42.3 Å². The maximum Gasteiger partial charge on any atom is 0.352 e. The van der Waals surface area contributed by atoms with E-state index in [1.165, 1.54) is 18.2 Å².